The van der Waals surface area contributed by atoms with E-state index in [0.717, 1.165) is 68.0 Å². The van der Waals surface area contributed by atoms with E-state index in [1.54, 1.807) is 11.8 Å². The summed E-state index contributed by atoms with van der Waals surface area (Å²) in [6, 6.07) is 9.89. The van der Waals surface area contributed by atoms with Crippen LogP contribution in [-0.2, 0) is 20.6 Å². The van der Waals surface area contributed by atoms with Gasteiger partial charge in [-0.1, -0.05) is 44.7 Å². The van der Waals surface area contributed by atoms with E-state index in [0.29, 0.717) is 17.9 Å². The summed E-state index contributed by atoms with van der Waals surface area (Å²) in [6.45, 7) is 11.0. The molecule has 3 heterocycles. The smallest absolute Gasteiger partial charge is 0.251 e. The average molecular weight is 471 g/mol. The predicted octanol–water partition coefficient (Wildman–Crippen LogP) is 3.81. The van der Waals surface area contributed by atoms with Crippen molar-refractivity contribution in [3.63, 3.8) is 0 Å². The van der Waals surface area contributed by atoms with Crippen LogP contribution >= 0.6 is 11.8 Å². The number of amides is 1. The maximum Gasteiger partial charge on any atom is 0.251 e. The van der Waals surface area contributed by atoms with Crippen LogP contribution in [0.25, 0.3) is 0 Å². The Morgan fingerprint density at radius 1 is 1.18 bits per heavy atom. The monoisotopic (exact) mass is 470 g/mol. The highest BCUT2D eigenvalue weighted by atomic mass is 32.2. The summed E-state index contributed by atoms with van der Waals surface area (Å²) in [5.74, 6) is 1.60. The first-order valence-electron chi connectivity index (χ1n) is 11.7. The Bertz CT molecular complexity index is 951. The predicted molar refractivity (Wildman–Crippen MR) is 131 cm³/mol. The van der Waals surface area contributed by atoms with Gasteiger partial charge < -0.3 is 19.7 Å². The number of aromatic nitrogens is 2. The summed E-state index contributed by atoms with van der Waals surface area (Å²) in [6.07, 6.45) is 2.22. The van der Waals surface area contributed by atoms with E-state index in [4.69, 9.17) is 19.4 Å². The maximum atomic E-state index is 12.6. The van der Waals surface area contributed by atoms with Crippen LogP contribution in [-0.4, -0.2) is 61.4 Å². The van der Waals surface area contributed by atoms with Gasteiger partial charge in [-0.2, -0.15) is 0 Å². The molecule has 1 amide bonds. The summed E-state index contributed by atoms with van der Waals surface area (Å²) in [5.41, 5.74) is 2.70. The van der Waals surface area contributed by atoms with Crippen LogP contribution in [0.3, 0.4) is 0 Å². The molecule has 0 saturated carbocycles. The number of rotatable bonds is 7. The van der Waals surface area contributed by atoms with E-state index in [9.17, 15) is 4.79 Å². The molecule has 1 unspecified atom stereocenters. The van der Waals surface area contributed by atoms with Crippen LogP contribution in [0, 0.1) is 0 Å². The lowest BCUT2D eigenvalue weighted by Gasteiger charge is -2.29. The first kappa shape index (κ1) is 24.0. The Morgan fingerprint density at radius 2 is 2.00 bits per heavy atom. The summed E-state index contributed by atoms with van der Waals surface area (Å²) in [7, 11) is 0. The molecule has 33 heavy (non-hydrogen) atoms. The van der Waals surface area contributed by atoms with Gasteiger partial charge in [-0.15, -0.1) is 0 Å². The molecule has 7 nitrogen and oxygen atoms in total. The molecule has 0 aliphatic carbocycles. The van der Waals surface area contributed by atoms with Crippen molar-refractivity contribution in [2.75, 3.05) is 44.4 Å². The molecule has 0 radical (unpaired) electrons. The topological polar surface area (TPSA) is 76.6 Å². The second-order valence-corrected chi connectivity index (χ2v) is 10.5. The number of morpholine rings is 1. The number of carbonyl (C=O) groups is 1. The Balaban J connectivity index is 1.43. The van der Waals surface area contributed by atoms with E-state index in [1.807, 2.05) is 24.3 Å². The summed E-state index contributed by atoms with van der Waals surface area (Å²) in [5, 5.41) is 3.76. The van der Waals surface area contributed by atoms with Crippen LogP contribution in [0.5, 0.6) is 0 Å². The lowest BCUT2D eigenvalue weighted by molar-refractivity contribution is 0.0857. The first-order chi connectivity index (χ1) is 15.9. The molecule has 8 heteroatoms. The number of thioether (sulfide) groups is 1. The number of carbonyl (C=O) groups excluding carboxylic acids is 1. The minimum Gasteiger partial charge on any atom is -0.378 e. The Kier molecular flexibility index (Phi) is 7.88. The van der Waals surface area contributed by atoms with Gasteiger partial charge in [-0.05, 0) is 30.5 Å². The van der Waals surface area contributed by atoms with Gasteiger partial charge >= 0.3 is 0 Å². The quantitative estimate of drug-likeness (QED) is 0.487. The van der Waals surface area contributed by atoms with E-state index in [-0.39, 0.29) is 17.4 Å². The lowest BCUT2D eigenvalue weighted by atomic mass is 9.92. The number of nitrogens with zero attached hydrogens (tertiary/aromatic N) is 3. The Morgan fingerprint density at radius 3 is 2.73 bits per heavy atom. The van der Waals surface area contributed by atoms with Crippen LogP contribution < -0.4 is 10.2 Å². The molecule has 1 aromatic heterocycles. The number of anilines is 1. The minimum absolute atomic E-state index is 0.0575. The van der Waals surface area contributed by atoms with Crippen molar-refractivity contribution in [2.45, 2.75) is 56.0 Å². The highest BCUT2D eigenvalue weighted by Crippen LogP contribution is 2.29. The van der Waals surface area contributed by atoms with Crippen LogP contribution in [0.2, 0.25) is 0 Å². The molecule has 178 valence electrons. The van der Waals surface area contributed by atoms with Crippen molar-refractivity contribution in [2.24, 2.45) is 0 Å². The van der Waals surface area contributed by atoms with Gasteiger partial charge in [-0.25, -0.2) is 9.97 Å². The van der Waals surface area contributed by atoms with Crippen LogP contribution in [0.4, 0.5) is 5.82 Å². The maximum absolute atomic E-state index is 12.6. The fourth-order valence-electron chi connectivity index (χ4n) is 3.88. The lowest BCUT2D eigenvalue weighted by Crippen LogP contribution is -2.37. The Hall–Kier alpha value is -2.16. The van der Waals surface area contributed by atoms with Crippen molar-refractivity contribution in [1.82, 2.24) is 15.3 Å². The van der Waals surface area contributed by atoms with E-state index >= 15 is 0 Å². The number of ether oxygens (including phenoxy) is 2. The van der Waals surface area contributed by atoms with Gasteiger partial charge in [0, 0.05) is 49.0 Å². The fraction of sp³-hybridized carbons (Fsp3) is 0.560. The van der Waals surface area contributed by atoms with Gasteiger partial charge in [-0.3, -0.25) is 4.79 Å². The molecule has 2 aliphatic heterocycles. The molecule has 2 fully saturated rings. The van der Waals surface area contributed by atoms with Gasteiger partial charge in [0.25, 0.3) is 5.91 Å². The molecule has 0 bridgehead atoms. The third-order valence-electron chi connectivity index (χ3n) is 5.87. The molecule has 4 rings (SSSR count). The third-order valence-corrected chi connectivity index (χ3v) is 6.79. The normalized spacial score (nSPS) is 19.0. The molecular formula is C25H34N4O3S. The summed E-state index contributed by atoms with van der Waals surface area (Å²) in [4.78, 5) is 24.5. The fourth-order valence-corrected chi connectivity index (χ4v) is 4.68. The molecule has 1 N–H and O–H groups in total. The zero-order valence-electron chi connectivity index (χ0n) is 19.8. The SMILES string of the molecule is CC(C)(C)c1cc(N2CCOCC2)nc(SCc2cccc(C(=O)NCC3CCCO3)c2)n1. The first-order valence-corrected chi connectivity index (χ1v) is 12.7. The number of nitrogens with one attached hydrogen (secondary N) is 1. The van der Waals surface area contributed by atoms with E-state index in [1.165, 1.54) is 0 Å². The molecular weight excluding hydrogens is 436 g/mol. The summed E-state index contributed by atoms with van der Waals surface area (Å²) >= 11 is 1.60. The molecule has 2 aromatic rings. The van der Waals surface area contributed by atoms with Crippen LogP contribution in [0.15, 0.2) is 35.5 Å². The molecule has 2 saturated heterocycles. The summed E-state index contributed by atoms with van der Waals surface area (Å²) < 4.78 is 11.1. The van der Waals surface area contributed by atoms with E-state index < -0.39 is 0 Å². The highest BCUT2D eigenvalue weighted by Gasteiger charge is 2.22. The molecule has 0 spiro atoms. The molecule has 2 aliphatic rings. The number of hydrogen-bond donors (Lipinski definition) is 1. The zero-order chi connectivity index (χ0) is 23.3. The van der Waals surface area contributed by atoms with Crippen molar-refractivity contribution in [3.05, 3.63) is 47.2 Å². The van der Waals surface area contributed by atoms with Gasteiger partial charge in [0.15, 0.2) is 5.16 Å². The molecule has 1 atom stereocenters. The molecule has 1 aromatic carbocycles. The second kappa shape index (κ2) is 10.8. The largest absolute Gasteiger partial charge is 0.378 e. The second-order valence-electron chi connectivity index (χ2n) is 9.58. The number of benzene rings is 1. The highest BCUT2D eigenvalue weighted by molar-refractivity contribution is 7.98. The third kappa shape index (κ3) is 6.68. The average Bonchev–Trinajstić information content (AvgIpc) is 3.35. The van der Waals surface area contributed by atoms with Crippen LogP contribution in [0.1, 0.15) is 55.2 Å². The standard InChI is InChI=1S/C25H34N4O3S/c1-25(2,3)21-15-22(29-9-12-31-13-10-29)28-24(27-21)33-17-18-6-4-7-19(14-18)23(30)26-16-20-8-5-11-32-20/h4,6-7,14-15,20H,5,8-13,16-17H2,1-3H3,(H,26,30). The van der Waals surface area contributed by atoms with Gasteiger partial charge in [0.2, 0.25) is 0 Å². The van der Waals surface area contributed by atoms with Crippen molar-refractivity contribution < 1.29 is 14.3 Å². The number of hydrogen-bond acceptors (Lipinski definition) is 7. The Labute approximate surface area is 200 Å². The van der Waals surface area contributed by atoms with E-state index in [2.05, 4.69) is 37.1 Å². The van der Waals surface area contributed by atoms with Crippen molar-refractivity contribution in [1.29, 1.82) is 0 Å². The van der Waals surface area contributed by atoms with Gasteiger partial charge in [0.1, 0.15) is 5.82 Å². The van der Waals surface area contributed by atoms with Crippen molar-refractivity contribution >= 4 is 23.5 Å². The minimum atomic E-state index is -0.0691. The van der Waals surface area contributed by atoms with Gasteiger partial charge in [0.05, 0.1) is 25.0 Å². The zero-order valence-corrected chi connectivity index (χ0v) is 20.6. The van der Waals surface area contributed by atoms with Crippen molar-refractivity contribution in [3.8, 4) is 0 Å².